The Morgan fingerprint density at radius 2 is 1.45 bits per heavy atom. The second kappa shape index (κ2) is 9.74. The van der Waals surface area contributed by atoms with Gasteiger partial charge in [0.15, 0.2) is 0 Å². The van der Waals surface area contributed by atoms with Crippen LogP contribution < -0.4 is 9.47 Å². The zero-order valence-electron chi connectivity index (χ0n) is 17.5. The van der Waals surface area contributed by atoms with Gasteiger partial charge in [0.1, 0.15) is 11.5 Å². The highest BCUT2D eigenvalue weighted by atomic mass is 16.5. The van der Waals surface area contributed by atoms with Crippen LogP contribution in [-0.4, -0.2) is 5.90 Å². The molecule has 29 heavy (non-hydrogen) atoms. The average Bonchev–Trinajstić information content (AvgIpc) is 2.71. The third-order valence-electron chi connectivity index (χ3n) is 4.48. The van der Waals surface area contributed by atoms with E-state index in [0.29, 0.717) is 5.90 Å². The smallest absolute Gasteiger partial charge is 0.226 e. The predicted molar refractivity (Wildman–Crippen MR) is 120 cm³/mol. The maximum absolute atomic E-state index is 6.19. The van der Waals surface area contributed by atoms with Crippen molar-refractivity contribution in [2.75, 3.05) is 0 Å². The first-order chi connectivity index (χ1) is 14.0. The monoisotopic (exact) mass is 385 g/mol. The molecule has 0 atom stereocenters. The fourth-order valence-corrected chi connectivity index (χ4v) is 2.73. The molecule has 0 unspecified atom stereocenters. The summed E-state index contributed by atoms with van der Waals surface area (Å²) >= 11 is 0. The number of ether oxygens (including phenoxy) is 2. The molecule has 0 radical (unpaired) electrons. The molecule has 0 N–H and O–H groups in total. The van der Waals surface area contributed by atoms with Crippen molar-refractivity contribution in [3.8, 4) is 11.5 Å². The van der Waals surface area contributed by atoms with E-state index in [2.05, 4.69) is 20.8 Å². The lowest BCUT2D eigenvalue weighted by molar-refractivity contribution is 0.471. The highest BCUT2D eigenvalue weighted by Crippen LogP contribution is 2.21. The average molecular weight is 386 g/mol. The molecule has 0 fully saturated rings. The normalized spacial score (nSPS) is 12.0. The number of benzene rings is 3. The molecule has 3 nitrogen and oxygen atoms in total. The number of hydrogen-bond acceptors (Lipinski definition) is 3. The van der Waals surface area contributed by atoms with Gasteiger partial charge in [-0.25, -0.2) is 4.99 Å². The van der Waals surface area contributed by atoms with Crippen LogP contribution in [0.15, 0.2) is 89.6 Å². The largest absolute Gasteiger partial charge is 0.465 e. The van der Waals surface area contributed by atoms with Gasteiger partial charge >= 0.3 is 0 Å². The Balaban J connectivity index is 1.93. The summed E-state index contributed by atoms with van der Waals surface area (Å²) in [6, 6.07) is 24.0. The Kier molecular flexibility index (Phi) is 6.85. The molecular weight excluding hydrogens is 358 g/mol. The summed E-state index contributed by atoms with van der Waals surface area (Å²) in [5.74, 6) is 2.08. The molecule has 3 aromatic rings. The van der Waals surface area contributed by atoms with Crippen molar-refractivity contribution in [2.45, 2.75) is 34.1 Å². The lowest BCUT2D eigenvalue weighted by Crippen LogP contribution is -2.12. The Hall–Kier alpha value is -3.33. The second-order valence-corrected chi connectivity index (χ2v) is 7.10. The van der Waals surface area contributed by atoms with Crippen LogP contribution in [0.5, 0.6) is 11.5 Å². The van der Waals surface area contributed by atoms with Crippen molar-refractivity contribution in [3.05, 3.63) is 101 Å². The van der Waals surface area contributed by atoms with E-state index in [-0.39, 0.29) is 0 Å². The topological polar surface area (TPSA) is 30.8 Å². The van der Waals surface area contributed by atoms with Crippen LogP contribution in [-0.2, 0) is 0 Å². The molecule has 3 aromatic carbocycles. The molecule has 0 aliphatic heterocycles. The highest BCUT2D eigenvalue weighted by Gasteiger charge is 2.11. The van der Waals surface area contributed by atoms with Gasteiger partial charge in [-0.3, -0.25) is 0 Å². The summed E-state index contributed by atoms with van der Waals surface area (Å²) in [5, 5.41) is 0. The summed E-state index contributed by atoms with van der Waals surface area (Å²) in [4.78, 5) is 4.77. The quantitative estimate of drug-likeness (QED) is 0.257. The number of aryl methyl sites for hydroxylation is 3. The van der Waals surface area contributed by atoms with E-state index in [9.17, 15) is 0 Å². The molecule has 0 amide bonds. The van der Waals surface area contributed by atoms with E-state index in [1.807, 2.05) is 79.7 Å². The van der Waals surface area contributed by atoms with Crippen LogP contribution in [0, 0.1) is 20.8 Å². The lowest BCUT2D eigenvalue weighted by atomic mass is 10.2. The van der Waals surface area contributed by atoms with Crippen LogP contribution in [0.2, 0.25) is 0 Å². The molecule has 0 aromatic heterocycles. The Bertz CT molecular complexity index is 1000. The van der Waals surface area contributed by atoms with Gasteiger partial charge in [0.2, 0.25) is 5.90 Å². The second-order valence-electron chi connectivity index (χ2n) is 7.10. The molecule has 0 heterocycles. The minimum absolute atomic E-state index is 0.536. The number of nitrogens with zero attached hydrogens (tertiary/aromatic N) is 1. The van der Waals surface area contributed by atoms with E-state index >= 15 is 0 Å². The maximum Gasteiger partial charge on any atom is 0.226 e. The molecule has 0 saturated carbocycles. The summed E-state index contributed by atoms with van der Waals surface area (Å²) in [5.41, 5.74) is 5.25. The highest BCUT2D eigenvalue weighted by molar-refractivity contribution is 5.96. The predicted octanol–water partition coefficient (Wildman–Crippen LogP) is 7.09. The zero-order chi connectivity index (χ0) is 20.6. The van der Waals surface area contributed by atoms with Gasteiger partial charge in [0.05, 0.1) is 11.9 Å². The summed E-state index contributed by atoms with van der Waals surface area (Å²) in [7, 11) is 0. The van der Waals surface area contributed by atoms with E-state index in [1.54, 1.807) is 6.26 Å². The molecule has 3 rings (SSSR count). The van der Waals surface area contributed by atoms with Crippen molar-refractivity contribution in [1.29, 1.82) is 0 Å². The molecular formula is C26H27NO2. The number of aliphatic imine (C=N–C) groups is 1. The van der Waals surface area contributed by atoms with E-state index in [0.717, 1.165) is 34.7 Å². The van der Waals surface area contributed by atoms with Gasteiger partial charge in [0, 0.05) is 5.57 Å². The minimum Gasteiger partial charge on any atom is -0.465 e. The van der Waals surface area contributed by atoms with Crippen LogP contribution in [0.3, 0.4) is 0 Å². The van der Waals surface area contributed by atoms with Gasteiger partial charge in [-0.15, -0.1) is 0 Å². The first-order valence-electron chi connectivity index (χ1n) is 9.86. The molecule has 148 valence electrons. The van der Waals surface area contributed by atoms with Crippen LogP contribution >= 0.6 is 0 Å². The summed E-state index contributed by atoms with van der Waals surface area (Å²) in [6.45, 7) is 8.22. The first kappa shape index (κ1) is 20.4. The van der Waals surface area contributed by atoms with Gasteiger partial charge in [-0.05, 0) is 69.2 Å². The summed E-state index contributed by atoms with van der Waals surface area (Å²) in [6.07, 6.45) is 2.45. The molecule has 3 heteroatoms. The molecule has 0 aliphatic rings. The third-order valence-corrected chi connectivity index (χ3v) is 4.48. The standard InChI is InChI=1S/C26H27NO2/c1-5-22(18-28-24-15-11-20(3)12-16-24)26(27-23-13-9-19(2)10-14-23)29-25-8-6-7-21(4)17-25/h6-18H,5H2,1-4H3/b22-18+,27-26?. The van der Waals surface area contributed by atoms with Crippen LogP contribution in [0.4, 0.5) is 5.69 Å². The number of hydrogen-bond donors (Lipinski definition) is 0. The van der Waals surface area contributed by atoms with Crippen LogP contribution in [0.25, 0.3) is 0 Å². The Morgan fingerprint density at radius 1 is 0.793 bits per heavy atom. The molecule has 0 spiro atoms. The zero-order valence-corrected chi connectivity index (χ0v) is 17.5. The van der Waals surface area contributed by atoms with Crippen molar-refractivity contribution >= 4 is 11.6 Å². The Morgan fingerprint density at radius 3 is 2.07 bits per heavy atom. The van der Waals surface area contributed by atoms with E-state index in [1.165, 1.54) is 11.1 Å². The molecule has 0 aliphatic carbocycles. The summed E-state index contributed by atoms with van der Waals surface area (Å²) < 4.78 is 12.1. The van der Waals surface area contributed by atoms with Crippen molar-refractivity contribution < 1.29 is 9.47 Å². The van der Waals surface area contributed by atoms with E-state index in [4.69, 9.17) is 14.5 Å². The number of rotatable bonds is 6. The van der Waals surface area contributed by atoms with Gasteiger partial charge in [-0.2, -0.15) is 0 Å². The van der Waals surface area contributed by atoms with Crippen molar-refractivity contribution in [2.24, 2.45) is 4.99 Å². The fourth-order valence-electron chi connectivity index (χ4n) is 2.73. The first-order valence-corrected chi connectivity index (χ1v) is 9.86. The third kappa shape index (κ3) is 6.08. The van der Waals surface area contributed by atoms with Crippen LogP contribution in [0.1, 0.15) is 30.0 Å². The maximum atomic E-state index is 6.19. The van der Waals surface area contributed by atoms with Crippen molar-refractivity contribution in [1.82, 2.24) is 0 Å². The van der Waals surface area contributed by atoms with Gasteiger partial charge in [0.25, 0.3) is 0 Å². The van der Waals surface area contributed by atoms with Crippen molar-refractivity contribution in [3.63, 3.8) is 0 Å². The SMILES string of the molecule is CC/C(=C\Oc1ccc(C)cc1)C(=Nc1ccc(C)cc1)Oc1cccc(C)c1. The Labute approximate surface area is 173 Å². The van der Waals surface area contributed by atoms with Gasteiger partial charge in [-0.1, -0.05) is 54.4 Å². The lowest BCUT2D eigenvalue weighted by Gasteiger charge is -2.12. The van der Waals surface area contributed by atoms with Gasteiger partial charge < -0.3 is 9.47 Å². The van der Waals surface area contributed by atoms with E-state index < -0.39 is 0 Å². The molecule has 0 bridgehead atoms. The fraction of sp³-hybridized carbons (Fsp3) is 0.192. The minimum atomic E-state index is 0.536. The molecule has 0 saturated heterocycles.